The molecule has 1 N–H and O–H groups in total. The Labute approximate surface area is 300 Å². The zero-order valence-electron chi connectivity index (χ0n) is 29.2. The molecule has 274 valence electrons. The molecule has 2 saturated carbocycles. The van der Waals surface area contributed by atoms with Crippen molar-refractivity contribution in [3.05, 3.63) is 53.1 Å². The number of benzene rings is 2. The summed E-state index contributed by atoms with van der Waals surface area (Å²) in [4.78, 5) is 16.1. The molecule has 3 aromatic rings. The normalized spacial score (nSPS) is 27.6. The van der Waals surface area contributed by atoms with Gasteiger partial charge in [0, 0.05) is 73.3 Å². The number of methoxy groups -OCH3 is 1. The number of hydrogen-bond donors (Lipinski definition) is 1. The zero-order valence-corrected chi connectivity index (χ0v) is 30.8. The zero-order chi connectivity index (χ0) is 35.1. The van der Waals surface area contributed by atoms with Gasteiger partial charge >= 0.3 is 10.2 Å². The summed E-state index contributed by atoms with van der Waals surface area (Å²) >= 11 is 0. The fourth-order valence-electron chi connectivity index (χ4n) is 9.90. The van der Waals surface area contributed by atoms with Crippen LogP contribution in [0.5, 0.6) is 5.75 Å². The third-order valence-corrected chi connectivity index (χ3v) is 16.8. The van der Waals surface area contributed by atoms with Crippen molar-refractivity contribution in [2.75, 3.05) is 59.6 Å². The first-order valence-electron chi connectivity index (χ1n) is 18.6. The van der Waals surface area contributed by atoms with E-state index in [-0.39, 0.29) is 56.3 Å². The molecule has 5 heterocycles. The van der Waals surface area contributed by atoms with Crippen molar-refractivity contribution < 1.29 is 31.1 Å². The van der Waals surface area contributed by atoms with E-state index in [1.807, 2.05) is 18.2 Å². The predicted molar refractivity (Wildman–Crippen MR) is 194 cm³/mol. The van der Waals surface area contributed by atoms with Crippen molar-refractivity contribution >= 4 is 37.0 Å². The van der Waals surface area contributed by atoms with Gasteiger partial charge in [-0.1, -0.05) is 25.3 Å². The highest BCUT2D eigenvalue weighted by atomic mass is 32.2. The average Bonchev–Trinajstić information content (AvgIpc) is 3.59. The van der Waals surface area contributed by atoms with E-state index in [1.165, 1.54) is 16.3 Å². The maximum absolute atomic E-state index is 15.1. The van der Waals surface area contributed by atoms with Crippen molar-refractivity contribution in [1.29, 1.82) is 0 Å². The van der Waals surface area contributed by atoms with Gasteiger partial charge in [-0.2, -0.15) is 17.0 Å². The van der Waals surface area contributed by atoms with E-state index < -0.39 is 30.9 Å². The number of aromatic nitrogens is 1. The maximum atomic E-state index is 15.1. The number of hydrogen-bond acceptors (Lipinski definition) is 8. The highest BCUT2D eigenvalue weighted by Gasteiger charge is 2.68. The van der Waals surface area contributed by atoms with Gasteiger partial charge in [0.2, 0.25) is 10.0 Å². The predicted octanol–water partition coefficient (Wildman–Crippen LogP) is 4.02. The molecule has 3 unspecified atom stereocenters. The summed E-state index contributed by atoms with van der Waals surface area (Å²) in [5, 5.41) is 0.998. The maximum Gasteiger partial charge on any atom is 0.304 e. The van der Waals surface area contributed by atoms with Gasteiger partial charge in [0.05, 0.1) is 26.0 Å². The Morgan fingerprint density at radius 1 is 0.902 bits per heavy atom. The first-order valence-corrected chi connectivity index (χ1v) is 21.5. The van der Waals surface area contributed by atoms with Crippen molar-refractivity contribution in [2.24, 2.45) is 0 Å². The van der Waals surface area contributed by atoms with Gasteiger partial charge in [-0.3, -0.25) is 9.69 Å². The van der Waals surface area contributed by atoms with E-state index in [9.17, 15) is 13.2 Å². The molecule has 1 amide bonds. The van der Waals surface area contributed by atoms with Crippen LogP contribution in [0.1, 0.15) is 84.7 Å². The summed E-state index contributed by atoms with van der Waals surface area (Å²) in [5.74, 6) is 0.0773. The van der Waals surface area contributed by atoms with Gasteiger partial charge in [0.25, 0.3) is 5.91 Å². The number of nitrogens with zero attached hydrogens (tertiary/aromatic N) is 4. The Balaban J connectivity index is 1.19. The molecule has 5 fully saturated rings. The molecule has 14 heteroatoms. The molecule has 1 aromatic heterocycles. The number of sulfonamides is 1. The molecule has 9 rings (SSSR count). The highest BCUT2D eigenvalue weighted by molar-refractivity contribution is 7.91. The average molecular weight is 738 g/mol. The Bertz CT molecular complexity index is 2110. The SMILES string of the molecule is COc1ccc2c(c1)C1CC1(S(=O)(=O)N1CCN3CCCC3C1)Cn1c-2c(C2CCCCC2)c2ccc(C(=O)NS(=O)(=O)N3CCOCC3)cc21. The quantitative estimate of drug-likeness (QED) is 0.385. The van der Waals surface area contributed by atoms with E-state index in [0.29, 0.717) is 25.3 Å². The van der Waals surface area contributed by atoms with Crippen LogP contribution in [0.15, 0.2) is 36.4 Å². The number of nitrogens with one attached hydrogen (secondary N) is 1. The summed E-state index contributed by atoms with van der Waals surface area (Å²) in [6, 6.07) is 11.8. The van der Waals surface area contributed by atoms with Crippen molar-refractivity contribution in [3.8, 4) is 17.0 Å². The molecule has 3 saturated heterocycles. The van der Waals surface area contributed by atoms with Gasteiger partial charge in [0.1, 0.15) is 10.5 Å². The molecule has 2 aliphatic carbocycles. The molecule has 4 aliphatic heterocycles. The Kier molecular flexibility index (Phi) is 8.32. The van der Waals surface area contributed by atoms with Crippen LogP contribution in [-0.4, -0.2) is 111 Å². The van der Waals surface area contributed by atoms with Crippen LogP contribution >= 0.6 is 0 Å². The second-order valence-electron chi connectivity index (χ2n) is 15.3. The number of rotatable bonds is 7. The second-order valence-corrected chi connectivity index (χ2v) is 19.3. The van der Waals surface area contributed by atoms with Crippen molar-refractivity contribution in [3.63, 3.8) is 0 Å². The molecule has 0 radical (unpaired) electrons. The minimum Gasteiger partial charge on any atom is -0.497 e. The van der Waals surface area contributed by atoms with Crippen molar-refractivity contribution in [1.82, 2.24) is 22.8 Å². The van der Waals surface area contributed by atoms with Gasteiger partial charge in [0.15, 0.2) is 0 Å². The molecule has 0 bridgehead atoms. The number of piperazine rings is 1. The monoisotopic (exact) mass is 737 g/mol. The minimum atomic E-state index is -4.07. The second kappa shape index (κ2) is 12.6. The molecule has 6 aliphatic rings. The molecule has 2 aromatic carbocycles. The Hall–Kier alpha value is -3.01. The molecule has 12 nitrogen and oxygen atoms in total. The van der Waals surface area contributed by atoms with E-state index in [2.05, 4.69) is 20.3 Å². The third kappa shape index (κ3) is 5.46. The number of fused-ring (bicyclic) bond motifs is 8. The van der Waals surface area contributed by atoms with Crippen LogP contribution in [0.2, 0.25) is 0 Å². The lowest BCUT2D eigenvalue weighted by atomic mass is 9.81. The van der Waals surface area contributed by atoms with Crippen LogP contribution in [0.4, 0.5) is 0 Å². The molecular weight excluding hydrogens is 691 g/mol. The van der Waals surface area contributed by atoms with Crippen LogP contribution < -0.4 is 9.46 Å². The molecule has 0 spiro atoms. The summed E-state index contributed by atoms with van der Waals surface area (Å²) in [6.07, 6.45) is 8.15. The summed E-state index contributed by atoms with van der Waals surface area (Å²) < 4.78 is 73.9. The first-order chi connectivity index (χ1) is 24.6. The van der Waals surface area contributed by atoms with Crippen LogP contribution in [0.25, 0.3) is 22.2 Å². The summed E-state index contributed by atoms with van der Waals surface area (Å²) in [5.41, 5.74) is 5.24. The van der Waals surface area contributed by atoms with Crippen LogP contribution in [0.3, 0.4) is 0 Å². The largest absolute Gasteiger partial charge is 0.497 e. The molecule has 51 heavy (non-hydrogen) atoms. The lowest BCUT2D eigenvalue weighted by Gasteiger charge is -2.38. The number of ether oxygens (including phenoxy) is 2. The van der Waals surface area contributed by atoms with Gasteiger partial charge in [-0.25, -0.2) is 13.1 Å². The molecule has 3 atom stereocenters. The lowest BCUT2D eigenvalue weighted by molar-refractivity contribution is 0.0719. The minimum absolute atomic E-state index is 0.177. The van der Waals surface area contributed by atoms with E-state index in [1.54, 1.807) is 23.5 Å². The molecular formula is C37H47N5O7S2. The van der Waals surface area contributed by atoms with Gasteiger partial charge in [-0.15, -0.1) is 0 Å². The van der Waals surface area contributed by atoms with E-state index in [0.717, 1.165) is 79.3 Å². The van der Waals surface area contributed by atoms with Gasteiger partial charge < -0.3 is 14.0 Å². The topological polar surface area (TPSA) is 130 Å². The third-order valence-electron chi connectivity index (χ3n) is 12.7. The van der Waals surface area contributed by atoms with Gasteiger partial charge in [-0.05, 0) is 86.0 Å². The van der Waals surface area contributed by atoms with E-state index >= 15 is 8.42 Å². The Morgan fingerprint density at radius 2 is 1.71 bits per heavy atom. The Morgan fingerprint density at radius 3 is 2.49 bits per heavy atom. The number of carbonyl (C=O) groups is 1. The van der Waals surface area contributed by atoms with Crippen molar-refractivity contribution in [2.45, 2.75) is 80.5 Å². The fourth-order valence-corrected chi connectivity index (χ4v) is 13.4. The summed E-state index contributed by atoms with van der Waals surface area (Å²) in [7, 11) is -6.18. The smallest absolute Gasteiger partial charge is 0.304 e. The van der Waals surface area contributed by atoms with E-state index in [4.69, 9.17) is 9.47 Å². The highest BCUT2D eigenvalue weighted by Crippen LogP contribution is 2.64. The fraction of sp³-hybridized carbons (Fsp3) is 0.595. The standard InChI is InChI=1S/C37H47N5O7S2/c1-48-28-10-12-29-31(21-28)32-22-37(32,50(44,45)41-15-14-39-13-5-8-27(39)23-41)24-42-33-20-26(36(43)38-51(46,47)40-16-18-49-19-17-40)9-11-30(33)34(35(29)42)25-6-3-2-4-7-25/h9-12,20-21,25,27,32H,2-8,13-19,22-24H2,1H3,(H,38,43). The number of amides is 1. The number of morpholine rings is 1. The van der Waals surface area contributed by atoms with Crippen LogP contribution in [-0.2, 0) is 31.5 Å². The lowest BCUT2D eigenvalue weighted by Crippen LogP contribution is -2.55. The number of carbonyl (C=O) groups excluding carboxylic acids is 1. The van der Waals surface area contributed by atoms with Crippen LogP contribution in [0, 0.1) is 0 Å². The summed E-state index contributed by atoms with van der Waals surface area (Å²) in [6.45, 7) is 3.97. The first kappa shape index (κ1) is 33.8.